The van der Waals surface area contributed by atoms with E-state index in [0.29, 0.717) is 6.54 Å². The van der Waals surface area contributed by atoms with Crippen LogP contribution in [0.25, 0.3) is 0 Å². The predicted molar refractivity (Wildman–Crippen MR) is 60.2 cm³/mol. The molecule has 1 amide bonds. The molecule has 0 unspecified atom stereocenters. The first-order valence-electron chi connectivity index (χ1n) is 5.27. The monoisotopic (exact) mass is 243 g/mol. The topological polar surface area (TPSA) is 81.7 Å². The summed E-state index contributed by atoms with van der Waals surface area (Å²) in [6.45, 7) is 3.78. The minimum absolute atomic E-state index is 0.00231. The number of unbranched alkanes of at least 4 members (excludes halogenated alkanes) is 1. The van der Waals surface area contributed by atoms with Gasteiger partial charge in [-0.1, -0.05) is 13.3 Å². The molecule has 0 bridgehead atoms. The molecule has 0 rings (SSSR count). The number of alkyl carbamates (subject to hydrolysis) is 1. The summed E-state index contributed by atoms with van der Waals surface area (Å²) in [7, 11) is 1.19. The van der Waals surface area contributed by atoms with Gasteiger partial charge in [0.15, 0.2) is 0 Å². The zero-order chi connectivity index (χ0) is 13.3. The maximum atomic E-state index is 11.3. The number of hydrogen-bond donors (Lipinski definition) is 1. The van der Waals surface area contributed by atoms with E-state index >= 15 is 0 Å². The molecule has 0 spiro atoms. The van der Waals surface area contributed by atoms with Crippen molar-refractivity contribution in [1.82, 2.24) is 5.32 Å². The maximum Gasteiger partial charge on any atom is 0.415 e. The molecule has 17 heavy (non-hydrogen) atoms. The molecular weight excluding hydrogens is 226 g/mol. The highest BCUT2D eigenvalue weighted by Gasteiger charge is 2.12. The Morgan fingerprint density at radius 1 is 1.29 bits per heavy atom. The van der Waals surface area contributed by atoms with Crippen LogP contribution in [0.15, 0.2) is 11.6 Å². The Hall–Kier alpha value is -1.85. The molecule has 0 aliphatic rings. The van der Waals surface area contributed by atoms with Crippen molar-refractivity contribution in [2.45, 2.75) is 26.7 Å². The van der Waals surface area contributed by atoms with Gasteiger partial charge in [-0.15, -0.1) is 0 Å². The standard InChI is InChI=1S/C11H17NO5/c1-4-5-6-12-11(15)17-10(14)8(2)7-9(13)16-3/h7H,4-6H2,1-3H3,(H,12,15)/b8-7+. The summed E-state index contributed by atoms with van der Waals surface area (Å²) in [5.41, 5.74) is 0.00231. The van der Waals surface area contributed by atoms with E-state index in [2.05, 4.69) is 14.8 Å². The zero-order valence-corrected chi connectivity index (χ0v) is 10.2. The number of hydrogen-bond acceptors (Lipinski definition) is 5. The first kappa shape index (κ1) is 15.2. The Bertz CT molecular complexity index is 322. The summed E-state index contributed by atoms with van der Waals surface area (Å²) in [5.74, 6) is -1.55. The van der Waals surface area contributed by atoms with Crippen molar-refractivity contribution >= 4 is 18.0 Å². The molecule has 0 aliphatic carbocycles. The molecule has 6 heteroatoms. The summed E-state index contributed by atoms with van der Waals surface area (Å²) in [6.07, 6.45) is 1.87. The third-order valence-corrected chi connectivity index (χ3v) is 1.84. The molecule has 0 radical (unpaired) electrons. The zero-order valence-electron chi connectivity index (χ0n) is 10.2. The van der Waals surface area contributed by atoms with Gasteiger partial charge in [-0.2, -0.15) is 0 Å². The molecule has 6 nitrogen and oxygen atoms in total. The number of esters is 2. The summed E-state index contributed by atoms with van der Waals surface area (Å²) >= 11 is 0. The summed E-state index contributed by atoms with van der Waals surface area (Å²) < 4.78 is 8.77. The number of carbonyl (C=O) groups excluding carboxylic acids is 3. The number of ether oxygens (including phenoxy) is 2. The second-order valence-electron chi connectivity index (χ2n) is 3.31. The van der Waals surface area contributed by atoms with Crippen molar-refractivity contribution < 1.29 is 23.9 Å². The number of amides is 1. The van der Waals surface area contributed by atoms with Crippen molar-refractivity contribution in [3.63, 3.8) is 0 Å². The number of rotatable bonds is 5. The Balaban J connectivity index is 4.12. The Morgan fingerprint density at radius 2 is 1.94 bits per heavy atom. The molecule has 0 saturated heterocycles. The van der Waals surface area contributed by atoms with Crippen molar-refractivity contribution in [2.75, 3.05) is 13.7 Å². The van der Waals surface area contributed by atoms with E-state index in [1.54, 1.807) is 0 Å². The van der Waals surface area contributed by atoms with Crippen molar-refractivity contribution in [3.8, 4) is 0 Å². The lowest BCUT2D eigenvalue weighted by atomic mass is 10.3. The van der Waals surface area contributed by atoms with Gasteiger partial charge >= 0.3 is 18.0 Å². The van der Waals surface area contributed by atoms with Crippen LogP contribution < -0.4 is 5.32 Å². The molecule has 1 N–H and O–H groups in total. The number of nitrogens with one attached hydrogen (secondary N) is 1. The number of methoxy groups -OCH3 is 1. The van der Waals surface area contributed by atoms with Gasteiger partial charge < -0.3 is 14.8 Å². The van der Waals surface area contributed by atoms with Crippen LogP contribution in [0.5, 0.6) is 0 Å². The molecular formula is C11H17NO5. The molecule has 0 aromatic carbocycles. The molecule has 0 atom stereocenters. The Kier molecular flexibility index (Phi) is 7.41. The average Bonchev–Trinajstić information content (AvgIpc) is 2.28. The fourth-order valence-electron chi connectivity index (χ4n) is 0.863. The summed E-state index contributed by atoms with van der Waals surface area (Å²) in [6, 6.07) is 0. The van der Waals surface area contributed by atoms with Crippen molar-refractivity contribution in [3.05, 3.63) is 11.6 Å². The molecule has 0 saturated carbocycles. The van der Waals surface area contributed by atoms with E-state index in [-0.39, 0.29) is 5.57 Å². The lowest BCUT2D eigenvalue weighted by molar-refractivity contribution is -0.137. The lowest BCUT2D eigenvalue weighted by Gasteiger charge is -2.04. The van der Waals surface area contributed by atoms with Gasteiger partial charge in [0.05, 0.1) is 7.11 Å². The van der Waals surface area contributed by atoms with Gasteiger partial charge in [0, 0.05) is 18.2 Å². The third-order valence-electron chi connectivity index (χ3n) is 1.84. The quantitative estimate of drug-likeness (QED) is 0.339. The minimum Gasteiger partial charge on any atom is -0.466 e. The third kappa shape index (κ3) is 7.10. The second kappa shape index (κ2) is 8.32. The van der Waals surface area contributed by atoms with E-state index < -0.39 is 18.0 Å². The van der Waals surface area contributed by atoms with Crippen LogP contribution in [-0.2, 0) is 19.1 Å². The van der Waals surface area contributed by atoms with Gasteiger partial charge in [-0.25, -0.2) is 14.4 Å². The van der Waals surface area contributed by atoms with Crippen LogP contribution in [0.2, 0.25) is 0 Å². The first-order valence-corrected chi connectivity index (χ1v) is 5.27. The second-order valence-corrected chi connectivity index (χ2v) is 3.31. The van der Waals surface area contributed by atoms with Crippen molar-refractivity contribution in [1.29, 1.82) is 0 Å². The summed E-state index contributed by atoms with van der Waals surface area (Å²) in [4.78, 5) is 33.2. The Labute approximate surface area is 100.0 Å². The molecule has 0 aromatic rings. The first-order chi connectivity index (χ1) is 8.01. The van der Waals surface area contributed by atoms with E-state index in [4.69, 9.17) is 0 Å². The molecule has 0 aliphatic heterocycles. The van der Waals surface area contributed by atoms with Crippen LogP contribution in [0.3, 0.4) is 0 Å². The number of carbonyl (C=O) groups is 3. The predicted octanol–water partition coefficient (Wildman–Crippen LogP) is 1.16. The highest BCUT2D eigenvalue weighted by Crippen LogP contribution is 1.98. The highest BCUT2D eigenvalue weighted by atomic mass is 16.6. The van der Waals surface area contributed by atoms with E-state index in [9.17, 15) is 14.4 Å². The van der Waals surface area contributed by atoms with Crippen LogP contribution in [0, 0.1) is 0 Å². The molecule has 0 heterocycles. The largest absolute Gasteiger partial charge is 0.466 e. The van der Waals surface area contributed by atoms with Crippen LogP contribution in [-0.4, -0.2) is 31.7 Å². The van der Waals surface area contributed by atoms with Gasteiger partial charge in [-0.3, -0.25) is 0 Å². The fourth-order valence-corrected chi connectivity index (χ4v) is 0.863. The smallest absolute Gasteiger partial charge is 0.415 e. The van der Waals surface area contributed by atoms with E-state index in [1.807, 2.05) is 6.92 Å². The van der Waals surface area contributed by atoms with E-state index in [0.717, 1.165) is 18.9 Å². The van der Waals surface area contributed by atoms with Gasteiger partial charge in [0.2, 0.25) is 0 Å². The van der Waals surface area contributed by atoms with Gasteiger partial charge in [0.1, 0.15) is 0 Å². The SMILES string of the molecule is CCCCNC(=O)OC(=O)/C(C)=C/C(=O)OC. The Morgan fingerprint density at radius 3 is 2.47 bits per heavy atom. The maximum absolute atomic E-state index is 11.3. The fraction of sp³-hybridized carbons (Fsp3) is 0.545. The minimum atomic E-state index is -0.871. The van der Waals surface area contributed by atoms with Gasteiger partial charge in [-0.05, 0) is 13.3 Å². The van der Waals surface area contributed by atoms with E-state index in [1.165, 1.54) is 14.0 Å². The lowest BCUT2D eigenvalue weighted by Crippen LogP contribution is -2.28. The molecule has 0 fully saturated rings. The van der Waals surface area contributed by atoms with Crippen LogP contribution in [0.1, 0.15) is 26.7 Å². The summed E-state index contributed by atoms with van der Waals surface area (Å²) in [5, 5.41) is 2.41. The normalized spacial score (nSPS) is 10.6. The van der Waals surface area contributed by atoms with Crippen LogP contribution >= 0.6 is 0 Å². The molecule has 96 valence electrons. The molecule has 0 aromatic heterocycles. The van der Waals surface area contributed by atoms with Gasteiger partial charge in [0.25, 0.3) is 0 Å². The average molecular weight is 243 g/mol. The van der Waals surface area contributed by atoms with Crippen LogP contribution in [0.4, 0.5) is 4.79 Å². The van der Waals surface area contributed by atoms with Crippen molar-refractivity contribution in [2.24, 2.45) is 0 Å². The highest BCUT2D eigenvalue weighted by molar-refractivity contribution is 5.99.